The predicted molar refractivity (Wildman–Crippen MR) is 166 cm³/mol. The number of carbonyl (C=O) groups is 2. The fraction of sp³-hybridized carbons (Fsp3) is 0.375. The summed E-state index contributed by atoms with van der Waals surface area (Å²) in [6, 6.07) is 17.2. The zero-order chi connectivity index (χ0) is 31.7. The summed E-state index contributed by atoms with van der Waals surface area (Å²) < 4.78 is 45.6. The highest BCUT2D eigenvalue weighted by atomic mass is 32.2. The number of hydrogen-bond acceptors (Lipinski definition) is 7. The second-order valence-electron chi connectivity index (χ2n) is 10.2. The van der Waals surface area contributed by atoms with Crippen LogP contribution in [0.4, 0.5) is 5.69 Å². The summed E-state index contributed by atoms with van der Waals surface area (Å²) in [5, 5.41) is 2.93. The maximum absolute atomic E-state index is 14.2. The van der Waals surface area contributed by atoms with Gasteiger partial charge in [-0.15, -0.1) is 0 Å². The molecule has 0 aliphatic rings. The lowest BCUT2D eigenvalue weighted by Crippen LogP contribution is -2.52. The summed E-state index contributed by atoms with van der Waals surface area (Å²) in [4.78, 5) is 28.8. The number of amides is 2. The van der Waals surface area contributed by atoms with Gasteiger partial charge in [0.25, 0.3) is 10.0 Å². The van der Waals surface area contributed by atoms with Gasteiger partial charge in [0.15, 0.2) is 0 Å². The van der Waals surface area contributed by atoms with E-state index >= 15 is 0 Å². The van der Waals surface area contributed by atoms with Gasteiger partial charge in [-0.25, -0.2) is 8.42 Å². The Hall–Kier alpha value is -4.25. The van der Waals surface area contributed by atoms with Gasteiger partial charge in [-0.05, 0) is 69.2 Å². The van der Waals surface area contributed by atoms with Gasteiger partial charge in [-0.1, -0.05) is 36.8 Å². The first kappa shape index (κ1) is 33.3. The van der Waals surface area contributed by atoms with Gasteiger partial charge < -0.3 is 24.4 Å². The van der Waals surface area contributed by atoms with Crippen LogP contribution in [0.15, 0.2) is 71.6 Å². The lowest BCUT2D eigenvalue weighted by molar-refractivity contribution is -0.139. The Balaban J connectivity index is 2.12. The molecule has 3 rings (SSSR count). The molecule has 0 spiro atoms. The first-order valence-electron chi connectivity index (χ1n) is 14.0. The van der Waals surface area contributed by atoms with E-state index in [1.807, 2.05) is 26.8 Å². The van der Waals surface area contributed by atoms with Gasteiger partial charge in [0.1, 0.15) is 29.8 Å². The third-order valence-corrected chi connectivity index (χ3v) is 8.97. The maximum atomic E-state index is 14.2. The average Bonchev–Trinajstić information content (AvgIpc) is 3.01. The summed E-state index contributed by atoms with van der Waals surface area (Å²) >= 11 is 0. The Morgan fingerprint density at radius 1 is 0.884 bits per heavy atom. The molecule has 0 aliphatic heterocycles. The topological polar surface area (TPSA) is 114 Å². The molecule has 0 saturated carbocycles. The number of aryl methyl sites for hydroxylation is 1. The standard InChI is InChI=1S/C32H41N3O7S/c1-8-23(3)33-32(37)24(4)34(20-25-10-9-11-26(18-25)40-5)31(36)21-35(29-19-27(41-6)14-17-30(29)42-7)43(38,39)28-15-12-22(2)13-16-28/h9-19,23-24H,8,20-21H2,1-7H3,(H,33,37)/t23-,24+/m1/s1. The Kier molecular flexibility index (Phi) is 11.4. The molecule has 2 atom stereocenters. The first-order valence-corrected chi connectivity index (χ1v) is 15.4. The third kappa shape index (κ3) is 8.19. The van der Waals surface area contributed by atoms with Gasteiger partial charge in [-0.2, -0.15) is 0 Å². The fourth-order valence-corrected chi connectivity index (χ4v) is 5.77. The second kappa shape index (κ2) is 14.8. The molecular formula is C32H41N3O7S. The van der Waals surface area contributed by atoms with Crippen molar-refractivity contribution in [2.45, 2.75) is 57.6 Å². The molecule has 232 valence electrons. The van der Waals surface area contributed by atoms with Crippen molar-refractivity contribution in [1.29, 1.82) is 0 Å². The summed E-state index contributed by atoms with van der Waals surface area (Å²) in [5.41, 5.74) is 1.71. The van der Waals surface area contributed by atoms with Crippen LogP contribution in [0, 0.1) is 6.92 Å². The number of sulfonamides is 1. The number of anilines is 1. The van der Waals surface area contributed by atoms with E-state index in [-0.39, 0.29) is 34.8 Å². The number of methoxy groups -OCH3 is 3. The van der Waals surface area contributed by atoms with Crippen LogP contribution in [0.2, 0.25) is 0 Å². The van der Waals surface area contributed by atoms with E-state index in [0.717, 1.165) is 9.87 Å². The molecule has 0 aromatic heterocycles. The Bertz CT molecular complexity index is 1510. The van der Waals surface area contributed by atoms with E-state index in [1.165, 1.54) is 37.3 Å². The molecule has 0 radical (unpaired) electrons. The van der Waals surface area contributed by atoms with Crippen LogP contribution in [0.3, 0.4) is 0 Å². The van der Waals surface area contributed by atoms with Crippen LogP contribution in [0.1, 0.15) is 38.3 Å². The second-order valence-corrected chi connectivity index (χ2v) is 12.1. The molecule has 2 amide bonds. The van der Waals surface area contributed by atoms with Crippen LogP contribution >= 0.6 is 0 Å². The Morgan fingerprint density at radius 2 is 1.53 bits per heavy atom. The van der Waals surface area contributed by atoms with Crippen LogP contribution in [0.5, 0.6) is 17.2 Å². The van der Waals surface area contributed by atoms with Crippen LogP contribution < -0.4 is 23.8 Å². The monoisotopic (exact) mass is 611 g/mol. The van der Waals surface area contributed by atoms with E-state index in [4.69, 9.17) is 14.2 Å². The highest BCUT2D eigenvalue weighted by Crippen LogP contribution is 2.36. The first-order chi connectivity index (χ1) is 20.4. The average molecular weight is 612 g/mol. The number of rotatable bonds is 14. The Labute approximate surface area is 254 Å². The molecule has 0 fully saturated rings. The van der Waals surface area contributed by atoms with Gasteiger partial charge in [-0.3, -0.25) is 13.9 Å². The molecule has 0 bridgehead atoms. The number of benzene rings is 3. The van der Waals surface area contributed by atoms with E-state index < -0.39 is 28.5 Å². The smallest absolute Gasteiger partial charge is 0.264 e. The highest BCUT2D eigenvalue weighted by Gasteiger charge is 2.34. The van der Waals surface area contributed by atoms with Crippen LogP contribution in [-0.2, 0) is 26.2 Å². The van der Waals surface area contributed by atoms with E-state index in [1.54, 1.807) is 56.5 Å². The maximum Gasteiger partial charge on any atom is 0.264 e. The molecule has 3 aromatic rings. The third-order valence-electron chi connectivity index (χ3n) is 7.20. The molecule has 43 heavy (non-hydrogen) atoms. The van der Waals surface area contributed by atoms with E-state index in [2.05, 4.69) is 5.32 Å². The number of nitrogens with one attached hydrogen (secondary N) is 1. The molecule has 11 heteroatoms. The lowest BCUT2D eigenvalue weighted by atomic mass is 10.1. The number of hydrogen-bond donors (Lipinski definition) is 1. The predicted octanol–water partition coefficient (Wildman–Crippen LogP) is 4.55. The molecule has 3 aromatic carbocycles. The van der Waals surface area contributed by atoms with E-state index in [9.17, 15) is 18.0 Å². The van der Waals surface area contributed by atoms with Gasteiger partial charge in [0.05, 0.1) is 31.9 Å². The van der Waals surface area contributed by atoms with Gasteiger partial charge in [0.2, 0.25) is 11.8 Å². The molecule has 10 nitrogen and oxygen atoms in total. The minimum absolute atomic E-state index is 0.00215. The van der Waals surface area contributed by atoms with Gasteiger partial charge in [0, 0.05) is 18.7 Å². The van der Waals surface area contributed by atoms with Crippen molar-refractivity contribution in [2.75, 3.05) is 32.2 Å². The normalized spacial score (nSPS) is 12.5. The number of carbonyl (C=O) groups excluding carboxylic acids is 2. The molecule has 0 aliphatic carbocycles. The van der Waals surface area contributed by atoms with Crippen molar-refractivity contribution in [1.82, 2.24) is 10.2 Å². The Morgan fingerprint density at radius 3 is 2.14 bits per heavy atom. The fourth-order valence-electron chi connectivity index (χ4n) is 4.36. The van der Waals surface area contributed by atoms with E-state index in [0.29, 0.717) is 23.5 Å². The largest absolute Gasteiger partial charge is 0.497 e. The SMILES string of the molecule is CC[C@@H](C)NC(=O)[C@H](C)N(Cc1cccc(OC)c1)C(=O)CN(c1cc(OC)ccc1OC)S(=O)(=O)c1ccc(C)cc1. The highest BCUT2D eigenvalue weighted by molar-refractivity contribution is 7.92. The molecule has 0 unspecified atom stereocenters. The summed E-state index contributed by atoms with van der Waals surface area (Å²) in [6.45, 7) is 6.74. The zero-order valence-electron chi connectivity index (χ0n) is 25.8. The lowest BCUT2D eigenvalue weighted by Gasteiger charge is -2.33. The molecule has 0 saturated heterocycles. The molecular weight excluding hydrogens is 570 g/mol. The summed E-state index contributed by atoms with van der Waals surface area (Å²) in [6.07, 6.45) is 0.709. The summed E-state index contributed by atoms with van der Waals surface area (Å²) in [7, 11) is 0.140. The van der Waals surface area contributed by atoms with Crippen LogP contribution in [0.25, 0.3) is 0 Å². The number of nitrogens with zero attached hydrogens (tertiary/aromatic N) is 2. The van der Waals surface area contributed by atoms with Crippen molar-refractivity contribution >= 4 is 27.5 Å². The van der Waals surface area contributed by atoms with Crippen molar-refractivity contribution in [3.8, 4) is 17.2 Å². The minimum atomic E-state index is -4.28. The summed E-state index contributed by atoms with van der Waals surface area (Å²) in [5.74, 6) is 0.257. The van der Waals surface area contributed by atoms with Crippen molar-refractivity contribution in [3.05, 3.63) is 77.9 Å². The zero-order valence-corrected chi connectivity index (χ0v) is 26.6. The van der Waals surface area contributed by atoms with Crippen molar-refractivity contribution < 1.29 is 32.2 Å². The van der Waals surface area contributed by atoms with Gasteiger partial charge >= 0.3 is 0 Å². The van der Waals surface area contributed by atoms with Crippen molar-refractivity contribution in [2.24, 2.45) is 0 Å². The minimum Gasteiger partial charge on any atom is -0.497 e. The van der Waals surface area contributed by atoms with Crippen molar-refractivity contribution in [3.63, 3.8) is 0 Å². The van der Waals surface area contributed by atoms with Crippen LogP contribution in [-0.4, -0.2) is 65.1 Å². The number of ether oxygens (including phenoxy) is 3. The quantitative estimate of drug-likeness (QED) is 0.285. The molecule has 0 heterocycles. The molecule has 1 N–H and O–H groups in total.